The van der Waals surface area contributed by atoms with Crippen LogP contribution >= 0.6 is 0 Å². The molecule has 3 rings (SSSR count). The van der Waals surface area contributed by atoms with Crippen LogP contribution in [-0.2, 0) is 45.1 Å². The van der Waals surface area contributed by atoms with Crippen molar-refractivity contribution < 1.29 is 20.1 Å². The summed E-state index contributed by atoms with van der Waals surface area (Å²) in [4.78, 5) is 22.1. The Balaban J connectivity index is 2.01. The van der Waals surface area contributed by atoms with Crippen LogP contribution < -0.4 is 0 Å². The summed E-state index contributed by atoms with van der Waals surface area (Å²) in [5.74, 6) is 0. The van der Waals surface area contributed by atoms with E-state index in [1.807, 2.05) is 13.8 Å². The Bertz CT molecular complexity index is 1140. The highest BCUT2D eigenvalue weighted by Crippen LogP contribution is 2.30. The smallest absolute Gasteiger partial charge is 0.166 e. The number of nitrogens with one attached hydrogen (secondary N) is 3. The van der Waals surface area contributed by atoms with Crippen LogP contribution in [0.5, 0.6) is 0 Å². The van der Waals surface area contributed by atoms with Crippen LogP contribution in [0.4, 0.5) is 0 Å². The van der Waals surface area contributed by atoms with Gasteiger partial charge in [-0.2, -0.15) is 0 Å². The van der Waals surface area contributed by atoms with Gasteiger partial charge in [-0.05, 0) is 85.8 Å². The molecule has 0 spiro atoms. The molecular weight excluding hydrogens is 442 g/mol. The summed E-state index contributed by atoms with van der Waals surface area (Å²) in [6.45, 7) is 8.58. The molecule has 0 saturated carbocycles. The molecule has 0 saturated heterocycles. The highest BCUT2D eigenvalue weighted by Gasteiger charge is 2.21. The molecule has 0 fully saturated rings. The molecule has 3 aromatic heterocycles. The second-order valence-electron chi connectivity index (χ2n) is 9.34. The first-order valence-electron chi connectivity index (χ1n) is 12.8. The largest absolute Gasteiger partial charge is 0.396 e. The van der Waals surface area contributed by atoms with Gasteiger partial charge in [-0.3, -0.25) is 4.79 Å². The summed E-state index contributed by atoms with van der Waals surface area (Å²) in [7, 11) is 0. The van der Waals surface area contributed by atoms with E-state index < -0.39 is 0 Å². The maximum atomic E-state index is 11.6. The number of hydrogen-bond donors (Lipinski definition) is 6. The predicted molar refractivity (Wildman–Crippen MR) is 138 cm³/mol. The Morgan fingerprint density at radius 3 is 1.57 bits per heavy atom. The molecule has 7 heteroatoms. The number of carbonyl (C=O) groups excluding carboxylic acids is 1. The van der Waals surface area contributed by atoms with E-state index in [-0.39, 0.29) is 19.8 Å². The third kappa shape index (κ3) is 5.63. The molecule has 0 aliphatic heterocycles. The number of aromatic nitrogens is 3. The summed E-state index contributed by atoms with van der Waals surface area (Å²) in [5.41, 5.74) is 12.9. The molecule has 7 nitrogen and oxygen atoms in total. The van der Waals surface area contributed by atoms with Crippen molar-refractivity contribution in [2.75, 3.05) is 13.2 Å². The fraction of sp³-hybridized carbons (Fsp3) is 0.536. The maximum absolute atomic E-state index is 11.6. The normalized spacial score (nSPS) is 11.5. The Morgan fingerprint density at radius 2 is 1.11 bits per heavy atom. The highest BCUT2D eigenvalue weighted by molar-refractivity contribution is 5.76. The van der Waals surface area contributed by atoms with Crippen molar-refractivity contribution in [1.29, 1.82) is 0 Å². The maximum Gasteiger partial charge on any atom is 0.166 e. The van der Waals surface area contributed by atoms with E-state index in [4.69, 9.17) is 0 Å². The lowest BCUT2D eigenvalue weighted by atomic mass is 9.97. The molecule has 0 aliphatic carbocycles. The number of rotatable bonds is 14. The molecule has 192 valence electrons. The van der Waals surface area contributed by atoms with Crippen LogP contribution in [-0.4, -0.2) is 49.8 Å². The first kappa shape index (κ1) is 27.0. The van der Waals surface area contributed by atoms with Crippen LogP contribution in [0.15, 0.2) is 0 Å². The lowest BCUT2D eigenvalue weighted by Gasteiger charge is -2.07. The monoisotopic (exact) mass is 483 g/mol. The van der Waals surface area contributed by atoms with E-state index in [9.17, 15) is 20.1 Å². The van der Waals surface area contributed by atoms with E-state index in [1.54, 1.807) is 0 Å². The highest BCUT2D eigenvalue weighted by atomic mass is 16.3. The molecule has 0 atom stereocenters. The van der Waals surface area contributed by atoms with Crippen LogP contribution in [0, 0.1) is 13.8 Å². The minimum atomic E-state index is -0.0311. The molecule has 0 aliphatic rings. The lowest BCUT2D eigenvalue weighted by molar-refractivity contribution is 0.111. The Kier molecular flexibility index (Phi) is 9.55. The van der Waals surface area contributed by atoms with Gasteiger partial charge in [0.25, 0.3) is 0 Å². The average Bonchev–Trinajstić information content (AvgIpc) is 3.46. The van der Waals surface area contributed by atoms with Gasteiger partial charge in [-0.25, -0.2) is 0 Å². The Hall–Kier alpha value is -2.61. The predicted octanol–water partition coefficient (Wildman–Crippen LogP) is 3.75. The summed E-state index contributed by atoms with van der Waals surface area (Å²) < 4.78 is 0. The van der Waals surface area contributed by atoms with E-state index in [2.05, 4.69) is 28.8 Å². The standard InChI is InChI=1S/C28H41N3O4/c1-5-19-20(6-2)24(14-26-22(10-8-12-33)18(4)28(16-35)31-26)29-23(19)13-25-21(9-7-11-32)17(3)27(15-34)30-25/h15,29-33,35H,5-14,16H2,1-4H3. The van der Waals surface area contributed by atoms with Gasteiger partial charge in [0.05, 0.1) is 12.3 Å². The summed E-state index contributed by atoms with van der Waals surface area (Å²) >= 11 is 0. The molecule has 0 radical (unpaired) electrons. The molecule has 3 aromatic rings. The van der Waals surface area contributed by atoms with Gasteiger partial charge in [-0.1, -0.05) is 13.8 Å². The summed E-state index contributed by atoms with van der Waals surface area (Å²) in [6, 6.07) is 0. The number of carbonyl (C=O) groups is 1. The van der Waals surface area contributed by atoms with Crippen molar-refractivity contribution in [1.82, 2.24) is 15.0 Å². The second-order valence-corrected chi connectivity index (χ2v) is 9.34. The van der Waals surface area contributed by atoms with Gasteiger partial charge in [0, 0.05) is 54.5 Å². The van der Waals surface area contributed by atoms with Gasteiger partial charge in [0.2, 0.25) is 0 Å². The molecule has 6 N–H and O–H groups in total. The van der Waals surface area contributed by atoms with Crippen LogP contribution in [0.1, 0.15) is 99.0 Å². The van der Waals surface area contributed by atoms with Crippen molar-refractivity contribution in [3.63, 3.8) is 0 Å². The topological polar surface area (TPSA) is 125 Å². The van der Waals surface area contributed by atoms with Crippen LogP contribution in [0.2, 0.25) is 0 Å². The van der Waals surface area contributed by atoms with Gasteiger partial charge in [0.15, 0.2) is 6.29 Å². The third-order valence-corrected chi connectivity index (χ3v) is 7.33. The number of hydrogen-bond acceptors (Lipinski definition) is 4. The quantitative estimate of drug-likeness (QED) is 0.195. The molecule has 0 bridgehead atoms. The number of aldehydes is 1. The van der Waals surface area contributed by atoms with E-state index >= 15 is 0 Å². The number of aliphatic hydroxyl groups excluding tert-OH is 3. The Morgan fingerprint density at radius 1 is 0.657 bits per heavy atom. The number of H-pyrrole nitrogens is 3. The summed E-state index contributed by atoms with van der Waals surface area (Å²) in [6.07, 6.45) is 6.93. The van der Waals surface area contributed by atoms with E-state index in [0.717, 1.165) is 71.4 Å². The molecule has 3 heterocycles. The molecule has 0 unspecified atom stereocenters. The second kappa shape index (κ2) is 12.4. The van der Waals surface area contributed by atoms with Gasteiger partial charge in [-0.15, -0.1) is 0 Å². The van der Waals surface area contributed by atoms with Crippen LogP contribution in [0.25, 0.3) is 0 Å². The van der Waals surface area contributed by atoms with Gasteiger partial charge >= 0.3 is 0 Å². The SMILES string of the molecule is CCc1c(Cc2[nH]c(C=O)c(C)c2CCCO)[nH]c(Cc2[nH]c(CO)c(C)c2CCCO)c1CC. The molecular formula is C28H41N3O4. The Labute approximate surface area is 208 Å². The van der Waals surface area contributed by atoms with Crippen molar-refractivity contribution >= 4 is 6.29 Å². The summed E-state index contributed by atoms with van der Waals surface area (Å²) in [5, 5.41) is 28.5. The zero-order chi connectivity index (χ0) is 25.5. The third-order valence-electron chi connectivity index (χ3n) is 7.33. The van der Waals surface area contributed by atoms with Crippen molar-refractivity contribution in [3.8, 4) is 0 Å². The van der Waals surface area contributed by atoms with Crippen molar-refractivity contribution in [3.05, 3.63) is 67.5 Å². The molecule has 0 amide bonds. The first-order chi connectivity index (χ1) is 16.9. The fourth-order valence-electron chi connectivity index (χ4n) is 5.45. The van der Waals surface area contributed by atoms with Gasteiger partial charge < -0.3 is 30.3 Å². The zero-order valence-electron chi connectivity index (χ0n) is 21.6. The minimum absolute atomic E-state index is 0.0311. The molecule has 35 heavy (non-hydrogen) atoms. The number of aliphatic hydroxyl groups is 3. The van der Waals surface area contributed by atoms with Crippen molar-refractivity contribution in [2.45, 2.75) is 85.7 Å². The minimum Gasteiger partial charge on any atom is -0.396 e. The zero-order valence-corrected chi connectivity index (χ0v) is 21.6. The average molecular weight is 484 g/mol. The van der Waals surface area contributed by atoms with E-state index in [0.29, 0.717) is 31.4 Å². The lowest BCUT2D eigenvalue weighted by Crippen LogP contribution is -2.00. The van der Waals surface area contributed by atoms with E-state index in [1.165, 1.54) is 22.4 Å². The van der Waals surface area contributed by atoms with Gasteiger partial charge in [0.1, 0.15) is 0 Å². The van der Waals surface area contributed by atoms with Crippen LogP contribution in [0.3, 0.4) is 0 Å². The van der Waals surface area contributed by atoms with Crippen molar-refractivity contribution in [2.24, 2.45) is 0 Å². The number of aromatic amines is 3. The first-order valence-corrected chi connectivity index (χ1v) is 12.8. The fourth-order valence-corrected chi connectivity index (χ4v) is 5.45. The molecule has 0 aromatic carbocycles.